The number of hydrogen-bond acceptors (Lipinski definition) is 8. The average Bonchev–Trinajstić information content (AvgIpc) is 3.71. The summed E-state index contributed by atoms with van der Waals surface area (Å²) in [6.45, 7) is 3.56. The van der Waals surface area contributed by atoms with Crippen LogP contribution >= 0.6 is 11.6 Å². The summed E-state index contributed by atoms with van der Waals surface area (Å²) >= 11 is 6.36. The fraction of sp³-hybridized carbons (Fsp3) is 0.273. The van der Waals surface area contributed by atoms with Crippen molar-refractivity contribution in [3.63, 3.8) is 0 Å². The van der Waals surface area contributed by atoms with Crippen LogP contribution in [0.5, 0.6) is 17.2 Å². The molecular formula is C33H32ClN5O6. The third kappa shape index (κ3) is 6.44. The highest BCUT2D eigenvalue weighted by Gasteiger charge is 2.36. The van der Waals surface area contributed by atoms with Gasteiger partial charge >= 0.3 is 12.1 Å². The number of H-pyrrole nitrogens is 1. The van der Waals surface area contributed by atoms with Crippen molar-refractivity contribution in [2.45, 2.75) is 32.4 Å². The lowest BCUT2D eigenvalue weighted by atomic mass is 9.92. The van der Waals surface area contributed by atoms with Gasteiger partial charge in [-0.05, 0) is 79.1 Å². The number of rotatable bonds is 10. The molecule has 0 saturated carbocycles. The molecule has 5 aromatic rings. The Bertz CT molecular complexity index is 1800. The number of ether oxygens (including phenoxy) is 4. The molecule has 1 N–H and O–H groups in total. The first kappa shape index (κ1) is 30.0. The minimum absolute atomic E-state index is 0.274. The van der Waals surface area contributed by atoms with Gasteiger partial charge in [0, 0.05) is 41.1 Å². The molecule has 0 spiro atoms. The van der Waals surface area contributed by atoms with Gasteiger partial charge in [0.1, 0.15) is 24.4 Å². The third-order valence-electron chi connectivity index (χ3n) is 7.65. The van der Waals surface area contributed by atoms with Crippen LogP contribution in [0.15, 0.2) is 73.3 Å². The maximum absolute atomic E-state index is 13.8. The van der Waals surface area contributed by atoms with Crippen LogP contribution in [0.2, 0.25) is 5.02 Å². The molecule has 1 aliphatic heterocycles. The maximum atomic E-state index is 13.8. The molecule has 2 aromatic heterocycles. The van der Waals surface area contributed by atoms with Gasteiger partial charge in [-0.25, -0.2) is 14.6 Å². The quantitative estimate of drug-likeness (QED) is 0.143. The molecule has 0 saturated heterocycles. The normalized spacial score (nSPS) is 14.2. The van der Waals surface area contributed by atoms with E-state index in [0.717, 1.165) is 34.1 Å². The summed E-state index contributed by atoms with van der Waals surface area (Å²) in [5, 5.41) is 5.77. The summed E-state index contributed by atoms with van der Waals surface area (Å²) in [7, 11) is 1.59. The van der Waals surface area contributed by atoms with Crippen LogP contribution in [0.4, 0.5) is 4.79 Å². The van der Waals surface area contributed by atoms with E-state index in [-0.39, 0.29) is 6.61 Å². The molecule has 0 bridgehead atoms. The van der Waals surface area contributed by atoms with Crippen LogP contribution in [-0.4, -0.2) is 63.6 Å². The van der Waals surface area contributed by atoms with Crippen LogP contribution < -0.4 is 14.2 Å². The lowest BCUT2D eigenvalue weighted by Crippen LogP contribution is -2.42. The number of aryl methyl sites for hydroxylation is 1. The van der Waals surface area contributed by atoms with E-state index >= 15 is 0 Å². The number of esters is 1. The van der Waals surface area contributed by atoms with E-state index in [4.69, 9.17) is 30.5 Å². The van der Waals surface area contributed by atoms with Crippen molar-refractivity contribution >= 4 is 34.6 Å². The van der Waals surface area contributed by atoms with Crippen molar-refractivity contribution in [3.05, 3.63) is 101 Å². The van der Waals surface area contributed by atoms with Crippen molar-refractivity contribution < 1.29 is 28.5 Å². The standard InChI is InChI=1S/C33H32ClN5O6/c1-3-43-32(40)21-5-9-24(10-6-21)45-33(41)39-15-13-25-26-18-23(34)8-11-27(26)37-30(25)31(39)22-7-12-28(29(17-22)42-2)44-16-4-14-38-20-35-19-36-38/h5-12,17-20,31,37H,3-4,13-16H2,1-2H3. The number of aromatic amines is 1. The Kier molecular flexibility index (Phi) is 8.88. The highest BCUT2D eigenvalue weighted by atomic mass is 35.5. The van der Waals surface area contributed by atoms with E-state index in [1.807, 2.05) is 36.4 Å². The highest BCUT2D eigenvalue weighted by molar-refractivity contribution is 6.31. The van der Waals surface area contributed by atoms with Crippen LogP contribution in [0.25, 0.3) is 10.9 Å². The topological polar surface area (TPSA) is 121 Å². The van der Waals surface area contributed by atoms with Gasteiger partial charge in [-0.3, -0.25) is 9.58 Å². The minimum Gasteiger partial charge on any atom is -0.493 e. The number of carbonyl (C=O) groups is 2. The Balaban J connectivity index is 1.28. The fourth-order valence-electron chi connectivity index (χ4n) is 5.57. The average molecular weight is 630 g/mol. The first-order valence-corrected chi connectivity index (χ1v) is 15.0. The molecule has 3 aromatic carbocycles. The smallest absolute Gasteiger partial charge is 0.416 e. The zero-order chi connectivity index (χ0) is 31.3. The lowest BCUT2D eigenvalue weighted by Gasteiger charge is -2.35. The molecule has 1 atom stereocenters. The Hall–Kier alpha value is -5.03. The predicted molar refractivity (Wildman–Crippen MR) is 167 cm³/mol. The molecule has 0 radical (unpaired) electrons. The van der Waals surface area contributed by atoms with E-state index in [0.29, 0.717) is 54.0 Å². The van der Waals surface area contributed by atoms with E-state index in [1.165, 1.54) is 6.33 Å². The highest BCUT2D eigenvalue weighted by Crippen LogP contribution is 2.42. The largest absolute Gasteiger partial charge is 0.493 e. The second-order valence-corrected chi connectivity index (χ2v) is 10.9. The summed E-state index contributed by atoms with van der Waals surface area (Å²) in [4.78, 5) is 35.0. The van der Waals surface area contributed by atoms with E-state index in [9.17, 15) is 9.59 Å². The molecule has 232 valence electrons. The number of halogens is 1. The van der Waals surface area contributed by atoms with Crippen molar-refractivity contribution in [1.29, 1.82) is 0 Å². The molecule has 45 heavy (non-hydrogen) atoms. The molecular weight excluding hydrogens is 598 g/mol. The van der Waals surface area contributed by atoms with Crippen LogP contribution in [0.3, 0.4) is 0 Å². The Labute approximate surface area is 264 Å². The number of nitrogens with zero attached hydrogens (tertiary/aromatic N) is 4. The van der Waals surface area contributed by atoms with Crippen molar-refractivity contribution in [2.75, 3.05) is 26.9 Å². The summed E-state index contributed by atoms with van der Waals surface area (Å²) in [6, 6.07) is 17.2. The number of benzene rings is 3. The molecule has 6 rings (SSSR count). The Morgan fingerprint density at radius 1 is 1.07 bits per heavy atom. The van der Waals surface area contributed by atoms with Gasteiger partial charge in [0.2, 0.25) is 0 Å². The third-order valence-corrected chi connectivity index (χ3v) is 7.89. The van der Waals surface area contributed by atoms with E-state index in [1.54, 1.807) is 54.2 Å². The number of aromatic nitrogens is 4. The number of hydrogen-bond donors (Lipinski definition) is 1. The van der Waals surface area contributed by atoms with Crippen molar-refractivity contribution in [3.8, 4) is 17.2 Å². The van der Waals surface area contributed by atoms with Crippen LogP contribution in [0.1, 0.15) is 46.6 Å². The minimum atomic E-state index is -0.529. The predicted octanol–water partition coefficient (Wildman–Crippen LogP) is 6.21. The second-order valence-electron chi connectivity index (χ2n) is 10.4. The monoisotopic (exact) mass is 629 g/mol. The van der Waals surface area contributed by atoms with Gasteiger partial charge in [0.15, 0.2) is 11.5 Å². The molecule has 1 aliphatic rings. The summed E-state index contributed by atoms with van der Waals surface area (Å²) in [5.74, 6) is 1.01. The number of methoxy groups -OCH3 is 1. The first-order chi connectivity index (χ1) is 21.9. The van der Waals surface area contributed by atoms with Gasteiger partial charge < -0.3 is 23.9 Å². The zero-order valence-electron chi connectivity index (χ0n) is 24.9. The SMILES string of the molecule is CCOC(=O)c1ccc(OC(=O)N2CCc3c([nH]c4ccc(Cl)cc34)C2c2ccc(OCCCn3cncn3)c(OC)c2)cc1. The molecule has 12 heteroatoms. The van der Waals surface area contributed by atoms with Gasteiger partial charge in [0.05, 0.1) is 25.9 Å². The van der Waals surface area contributed by atoms with E-state index < -0.39 is 18.1 Å². The fourth-order valence-corrected chi connectivity index (χ4v) is 5.74. The first-order valence-electron chi connectivity index (χ1n) is 14.6. The van der Waals surface area contributed by atoms with Crippen LogP contribution in [-0.2, 0) is 17.7 Å². The molecule has 0 fully saturated rings. The van der Waals surface area contributed by atoms with Crippen molar-refractivity contribution in [2.24, 2.45) is 0 Å². The summed E-state index contributed by atoms with van der Waals surface area (Å²) in [5.41, 5.74) is 4.08. The molecule has 1 unspecified atom stereocenters. The Morgan fingerprint density at radius 2 is 1.91 bits per heavy atom. The van der Waals surface area contributed by atoms with Crippen molar-refractivity contribution in [1.82, 2.24) is 24.6 Å². The van der Waals surface area contributed by atoms with Gasteiger partial charge in [0.25, 0.3) is 0 Å². The molecule has 1 amide bonds. The van der Waals surface area contributed by atoms with Crippen LogP contribution in [0, 0.1) is 0 Å². The second kappa shape index (κ2) is 13.3. The van der Waals surface area contributed by atoms with E-state index in [2.05, 4.69) is 15.1 Å². The number of carbonyl (C=O) groups excluding carboxylic acids is 2. The summed E-state index contributed by atoms with van der Waals surface area (Å²) < 4.78 is 24.4. The molecule has 11 nitrogen and oxygen atoms in total. The Morgan fingerprint density at radius 3 is 2.67 bits per heavy atom. The number of nitrogens with one attached hydrogen (secondary N) is 1. The molecule has 3 heterocycles. The number of fused-ring (bicyclic) bond motifs is 3. The van der Waals surface area contributed by atoms with Gasteiger partial charge in [-0.2, -0.15) is 5.10 Å². The zero-order valence-corrected chi connectivity index (χ0v) is 25.6. The molecule has 0 aliphatic carbocycles. The lowest BCUT2D eigenvalue weighted by molar-refractivity contribution is 0.0526. The number of amides is 1. The summed E-state index contributed by atoms with van der Waals surface area (Å²) in [6.07, 6.45) is 3.98. The van der Waals surface area contributed by atoms with Gasteiger partial charge in [-0.15, -0.1) is 0 Å². The maximum Gasteiger partial charge on any atom is 0.416 e. The van der Waals surface area contributed by atoms with Gasteiger partial charge in [-0.1, -0.05) is 17.7 Å².